The first kappa shape index (κ1) is 10.0. The molecule has 0 bridgehead atoms. The average Bonchev–Trinajstić information content (AvgIpc) is 2.15. The van der Waals surface area contributed by atoms with Crippen LogP contribution >= 0.6 is 0 Å². The van der Waals surface area contributed by atoms with Crippen molar-refractivity contribution < 1.29 is 4.84 Å². The van der Waals surface area contributed by atoms with Crippen LogP contribution in [0.1, 0.15) is 5.56 Å². The molecule has 1 aromatic rings. The van der Waals surface area contributed by atoms with Gasteiger partial charge in [0.05, 0.1) is 6.61 Å². The summed E-state index contributed by atoms with van der Waals surface area (Å²) in [5.74, 6) is 4.95. The number of nitrogens with zero attached hydrogens (tertiary/aromatic N) is 1. The van der Waals surface area contributed by atoms with E-state index in [1.54, 1.807) is 0 Å². The molecule has 0 heterocycles. The van der Waals surface area contributed by atoms with E-state index in [0.717, 1.165) is 6.54 Å². The molecule has 2 N–H and O–H groups in total. The highest BCUT2D eigenvalue weighted by atomic mass is 16.6. The third-order valence-electron chi connectivity index (χ3n) is 2.02. The Balaban J connectivity index is 2.55. The first-order valence-electron chi connectivity index (χ1n) is 4.33. The number of anilines is 1. The van der Waals surface area contributed by atoms with E-state index in [1.807, 2.05) is 7.05 Å². The van der Waals surface area contributed by atoms with Crippen LogP contribution in [0.5, 0.6) is 0 Å². The molecule has 0 unspecified atom stereocenters. The summed E-state index contributed by atoms with van der Waals surface area (Å²) in [6.07, 6.45) is 0. The average molecular weight is 180 g/mol. The van der Waals surface area contributed by atoms with Gasteiger partial charge in [-0.2, -0.15) is 0 Å². The van der Waals surface area contributed by atoms with Crippen LogP contribution in [-0.4, -0.2) is 20.2 Å². The van der Waals surface area contributed by atoms with Crippen molar-refractivity contribution in [3.05, 3.63) is 29.8 Å². The molecular formula is C10H16N2O. The molecule has 3 nitrogen and oxygen atoms in total. The van der Waals surface area contributed by atoms with Crippen LogP contribution in [0.3, 0.4) is 0 Å². The molecule has 0 radical (unpaired) electrons. The molecule has 0 aromatic heterocycles. The lowest BCUT2D eigenvalue weighted by Crippen LogP contribution is -2.23. The summed E-state index contributed by atoms with van der Waals surface area (Å²) in [5.41, 5.74) is 2.45. The Kier molecular flexibility index (Phi) is 3.73. The van der Waals surface area contributed by atoms with E-state index in [4.69, 9.17) is 5.90 Å². The minimum absolute atomic E-state index is 0.546. The predicted molar refractivity (Wildman–Crippen MR) is 54.6 cm³/mol. The standard InChI is InChI=1S/C10H16N2O/c1-9-3-5-10(6-4-9)12(2)7-8-13-11/h3-6H,7-8,11H2,1-2H3. The van der Waals surface area contributed by atoms with E-state index in [0.29, 0.717) is 6.61 Å². The predicted octanol–water partition coefficient (Wildman–Crippen LogP) is 1.32. The highest BCUT2D eigenvalue weighted by Gasteiger charge is 1.98. The number of likely N-dealkylation sites (N-methyl/N-ethyl adjacent to an activating group) is 1. The van der Waals surface area contributed by atoms with E-state index in [9.17, 15) is 0 Å². The molecule has 0 spiro atoms. The second-order valence-electron chi connectivity index (χ2n) is 3.13. The van der Waals surface area contributed by atoms with Crippen molar-refractivity contribution in [3.63, 3.8) is 0 Å². The van der Waals surface area contributed by atoms with Crippen LogP contribution in [-0.2, 0) is 4.84 Å². The second-order valence-corrected chi connectivity index (χ2v) is 3.13. The molecule has 0 aliphatic heterocycles. The zero-order valence-electron chi connectivity index (χ0n) is 8.16. The molecular weight excluding hydrogens is 164 g/mol. The highest BCUT2D eigenvalue weighted by molar-refractivity contribution is 5.46. The van der Waals surface area contributed by atoms with Crippen LogP contribution in [0.4, 0.5) is 5.69 Å². The quantitative estimate of drug-likeness (QED) is 0.710. The summed E-state index contributed by atoms with van der Waals surface area (Å²) in [6, 6.07) is 8.36. The van der Waals surface area contributed by atoms with Crippen molar-refractivity contribution >= 4 is 5.69 Å². The number of benzene rings is 1. The lowest BCUT2D eigenvalue weighted by molar-refractivity contribution is 0.145. The molecule has 0 atom stereocenters. The van der Waals surface area contributed by atoms with Gasteiger partial charge in [-0.1, -0.05) is 17.7 Å². The number of hydrogen-bond donors (Lipinski definition) is 1. The molecule has 0 amide bonds. The van der Waals surface area contributed by atoms with Crippen LogP contribution < -0.4 is 10.8 Å². The zero-order valence-corrected chi connectivity index (χ0v) is 8.16. The van der Waals surface area contributed by atoms with Crippen LogP contribution in [0, 0.1) is 6.92 Å². The SMILES string of the molecule is Cc1ccc(N(C)CCON)cc1. The molecule has 0 aliphatic rings. The minimum Gasteiger partial charge on any atom is -0.372 e. The van der Waals surface area contributed by atoms with Crippen molar-refractivity contribution in [2.24, 2.45) is 5.90 Å². The minimum atomic E-state index is 0.546. The lowest BCUT2D eigenvalue weighted by atomic mass is 10.2. The molecule has 1 rings (SSSR count). The summed E-state index contributed by atoms with van der Waals surface area (Å²) < 4.78 is 0. The summed E-state index contributed by atoms with van der Waals surface area (Å²) >= 11 is 0. The van der Waals surface area contributed by atoms with Gasteiger partial charge in [0.15, 0.2) is 0 Å². The van der Waals surface area contributed by atoms with Gasteiger partial charge >= 0.3 is 0 Å². The van der Waals surface area contributed by atoms with Gasteiger partial charge in [0.25, 0.3) is 0 Å². The first-order valence-corrected chi connectivity index (χ1v) is 4.33. The van der Waals surface area contributed by atoms with Gasteiger partial charge in [-0.05, 0) is 19.1 Å². The maximum absolute atomic E-state index is 4.95. The molecule has 0 fully saturated rings. The normalized spacial score (nSPS) is 10.1. The fourth-order valence-electron chi connectivity index (χ4n) is 1.12. The Morgan fingerprint density at radius 2 is 1.92 bits per heavy atom. The number of rotatable bonds is 4. The Bertz CT molecular complexity index is 246. The molecule has 3 heteroatoms. The summed E-state index contributed by atoms with van der Waals surface area (Å²) in [6.45, 7) is 3.43. The van der Waals surface area contributed by atoms with Gasteiger partial charge in [0, 0.05) is 19.3 Å². The third kappa shape index (κ3) is 3.05. The fourth-order valence-corrected chi connectivity index (χ4v) is 1.12. The Morgan fingerprint density at radius 3 is 2.46 bits per heavy atom. The molecule has 0 aliphatic carbocycles. The lowest BCUT2D eigenvalue weighted by Gasteiger charge is -2.18. The summed E-state index contributed by atoms with van der Waals surface area (Å²) in [7, 11) is 2.02. The maximum Gasteiger partial charge on any atom is 0.0854 e. The monoisotopic (exact) mass is 180 g/mol. The summed E-state index contributed by atoms with van der Waals surface area (Å²) in [5, 5.41) is 0. The molecule has 0 saturated heterocycles. The van der Waals surface area contributed by atoms with Gasteiger partial charge in [-0.25, -0.2) is 5.90 Å². The molecule has 13 heavy (non-hydrogen) atoms. The van der Waals surface area contributed by atoms with Crippen LogP contribution in [0.25, 0.3) is 0 Å². The first-order chi connectivity index (χ1) is 6.24. The van der Waals surface area contributed by atoms with Gasteiger partial charge in [-0.3, -0.25) is 0 Å². The van der Waals surface area contributed by atoms with Gasteiger partial charge in [0.2, 0.25) is 0 Å². The number of aryl methyl sites for hydroxylation is 1. The van der Waals surface area contributed by atoms with Crippen molar-refractivity contribution in [3.8, 4) is 0 Å². The highest BCUT2D eigenvalue weighted by Crippen LogP contribution is 2.12. The van der Waals surface area contributed by atoms with Crippen LogP contribution in [0.15, 0.2) is 24.3 Å². The third-order valence-corrected chi connectivity index (χ3v) is 2.02. The number of nitrogens with two attached hydrogens (primary N) is 1. The van der Waals surface area contributed by atoms with Crippen molar-refractivity contribution in [2.45, 2.75) is 6.92 Å². The Hall–Kier alpha value is -1.06. The smallest absolute Gasteiger partial charge is 0.0854 e. The van der Waals surface area contributed by atoms with E-state index >= 15 is 0 Å². The molecule has 72 valence electrons. The van der Waals surface area contributed by atoms with Crippen molar-refractivity contribution in [1.29, 1.82) is 0 Å². The fraction of sp³-hybridized carbons (Fsp3) is 0.400. The van der Waals surface area contributed by atoms with Gasteiger partial charge < -0.3 is 9.74 Å². The van der Waals surface area contributed by atoms with E-state index in [-0.39, 0.29) is 0 Å². The van der Waals surface area contributed by atoms with E-state index in [1.165, 1.54) is 11.3 Å². The maximum atomic E-state index is 4.95. The van der Waals surface area contributed by atoms with Gasteiger partial charge in [0.1, 0.15) is 0 Å². The zero-order chi connectivity index (χ0) is 9.68. The van der Waals surface area contributed by atoms with Gasteiger partial charge in [-0.15, -0.1) is 0 Å². The Labute approximate surface area is 79.1 Å². The largest absolute Gasteiger partial charge is 0.372 e. The van der Waals surface area contributed by atoms with E-state index in [2.05, 4.69) is 40.9 Å². The molecule has 0 saturated carbocycles. The van der Waals surface area contributed by atoms with Crippen LogP contribution in [0.2, 0.25) is 0 Å². The summed E-state index contributed by atoms with van der Waals surface area (Å²) in [4.78, 5) is 6.62. The van der Waals surface area contributed by atoms with Crippen molar-refractivity contribution in [2.75, 3.05) is 25.1 Å². The molecule has 1 aromatic carbocycles. The topological polar surface area (TPSA) is 38.5 Å². The second kappa shape index (κ2) is 4.84. The Morgan fingerprint density at radius 1 is 1.31 bits per heavy atom. The van der Waals surface area contributed by atoms with E-state index < -0.39 is 0 Å². The van der Waals surface area contributed by atoms with Crippen molar-refractivity contribution in [1.82, 2.24) is 0 Å². The number of hydrogen-bond acceptors (Lipinski definition) is 3.